The summed E-state index contributed by atoms with van der Waals surface area (Å²) in [5.41, 5.74) is 2.92. The first-order valence-corrected chi connectivity index (χ1v) is 13.4. The summed E-state index contributed by atoms with van der Waals surface area (Å²) in [5.74, 6) is -0.781. The van der Waals surface area contributed by atoms with Gasteiger partial charge >= 0.3 is 0 Å². The average molecular weight is 544 g/mol. The predicted octanol–water partition coefficient (Wildman–Crippen LogP) is 6.85. The lowest BCUT2D eigenvalue weighted by atomic mass is 9.84. The van der Waals surface area contributed by atoms with E-state index >= 15 is 0 Å². The Morgan fingerprint density at radius 3 is 2.17 bits per heavy atom. The van der Waals surface area contributed by atoms with Crippen molar-refractivity contribution in [3.8, 4) is 17.2 Å². The number of nitrogens with zero attached hydrogens (tertiary/aromatic N) is 1. The summed E-state index contributed by atoms with van der Waals surface area (Å²) >= 11 is 0. The summed E-state index contributed by atoms with van der Waals surface area (Å²) in [4.78, 5) is 28.5. The van der Waals surface area contributed by atoms with Crippen LogP contribution >= 0.6 is 0 Å². The number of anilines is 1. The first-order chi connectivity index (χ1) is 18.9. The van der Waals surface area contributed by atoms with Crippen LogP contribution in [0.1, 0.15) is 75.8 Å². The molecule has 1 unspecified atom stereocenters. The van der Waals surface area contributed by atoms with Gasteiger partial charge in [-0.3, -0.25) is 14.5 Å². The Bertz CT molecular complexity index is 1460. The van der Waals surface area contributed by atoms with Crippen molar-refractivity contribution in [1.82, 2.24) is 0 Å². The smallest absolute Gasteiger partial charge is 0.300 e. The van der Waals surface area contributed by atoms with E-state index in [9.17, 15) is 19.8 Å². The lowest BCUT2D eigenvalue weighted by molar-refractivity contribution is -0.132. The van der Waals surface area contributed by atoms with E-state index in [0.29, 0.717) is 29.2 Å². The Labute approximate surface area is 235 Å². The van der Waals surface area contributed by atoms with Crippen molar-refractivity contribution in [2.45, 2.75) is 58.9 Å². The van der Waals surface area contributed by atoms with E-state index in [2.05, 4.69) is 13.8 Å². The molecular weight excluding hydrogens is 506 g/mol. The minimum Gasteiger partial charge on any atom is -0.507 e. The Balaban J connectivity index is 1.95. The maximum Gasteiger partial charge on any atom is 0.300 e. The molecule has 1 amide bonds. The second-order valence-electron chi connectivity index (χ2n) is 11.2. The maximum absolute atomic E-state index is 13.6. The number of phenolic OH excluding ortho intramolecular Hbond substituents is 1. The molecular formula is C33H37NO6. The highest BCUT2D eigenvalue weighted by atomic mass is 16.5. The fraction of sp³-hybridized carbons (Fsp3) is 0.333. The van der Waals surface area contributed by atoms with Gasteiger partial charge in [-0.05, 0) is 71.8 Å². The van der Waals surface area contributed by atoms with Crippen molar-refractivity contribution in [3.63, 3.8) is 0 Å². The summed E-state index contributed by atoms with van der Waals surface area (Å²) in [6, 6.07) is 16.4. The van der Waals surface area contributed by atoms with Crippen LogP contribution in [0.25, 0.3) is 5.76 Å². The van der Waals surface area contributed by atoms with Crippen LogP contribution in [0.5, 0.6) is 17.2 Å². The molecule has 0 bridgehead atoms. The van der Waals surface area contributed by atoms with Gasteiger partial charge in [0, 0.05) is 16.8 Å². The van der Waals surface area contributed by atoms with Gasteiger partial charge in [0.1, 0.15) is 11.5 Å². The molecule has 1 saturated heterocycles. The molecule has 3 aromatic rings. The third-order valence-electron chi connectivity index (χ3n) is 7.16. The number of carbonyl (C=O) groups excluding carboxylic acids is 2. The molecule has 0 radical (unpaired) electrons. The first kappa shape index (κ1) is 28.7. The number of benzene rings is 3. The number of aliphatic hydroxyl groups excluding tert-OH is 1. The lowest BCUT2D eigenvalue weighted by Crippen LogP contribution is -2.29. The highest BCUT2D eigenvalue weighted by molar-refractivity contribution is 6.51. The number of phenols is 1. The number of aliphatic hydroxyl groups is 1. The summed E-state index contributed by atoms with van der Waals surface area (Å²) < 4.78 is 11.0. The highest BCUT2D eigenvalue weighted by Crippen LogP contribution is 2.45. The molecule has 1 aliphatic rings. The van der Waals surface area contributed by atoms with Crippen LogP contribution in [0.4, 0.5) is 5.69 Å². The standard InChI is InChI=1S/C33H37NO6/c1-8-40-26-15-12-22(17-24(26)33(4,5)6)30(36)28-29(21-11-16-27(39-7)25(35)18-21)34(32(38)31(28)37)23-13-9-20(10-14-23)19(2)3/h9-19,29,35-36H,8H2,1-7H3/b30-28-. The molecule has 0 spiro atoms. The van der Waals surface area contributed by atoms with Crippen LogP contribution in [-0.4, -0.2) is 35.6 Å². The number of hydrogen-bond donors (Lipinski definition) is 2. The Morgan fingerprint density at radius 1 is 0.975 bits per heavy atom. The summed E-state index contributed by atoms with van der Waals surface area (Å²) in [5, 5.41) is 22.2. The molecule has 0 aromatic heterocycles. The number of methoxy groups -OCH3 is 1. The third kappa shape index (κ3) is 5.28. The molecule has 4 rings (SSSR count). The second-order valence-corrected chi connectivity index (χ2v) is 11.2. The molecule has 2 N–H and O–H groups in total. The zero-order valence-corrected chi connectivity index (χ0v) is 24.1. The number of hydrogen-bond acceptors (Lipinski definition) is 6. The van der Waals surface area contributed by atoms with Gasteiger partial charge in [-0.15, -0.1) is 0 Å². The molecule has 3 aromatic carbocycles. The summed E-state index contributed by atoms with van der Waals surface area (Å²) in [7, 11) is 1.44. The van der Waals surface area contributed by atoms with Crippen LogP contribution in [0, 0.1) is 0 Å². The number of Topliss-reactive ketones (excluding diaryl/α,β-unsaturated/α-hetero) is 1. The van der Waals surface area contributed by atoms with Crippen molar-refractivity contribution < 1.29 is 29.3 Å². The Hall–Kier alpha value is -4.26. The molecule has 210 valence electrons. The molecule has 1 heterocycles. The van der Waals surface area contributed by atoms with Crippen molar-refractivity contribution >= 4 is 23.1 Å². The maximum atomic E-state index is 13.6. The van der Waals surface area contributed by atoms with Crippen molar-refractivity contribution in [2.75, 3.05) is 18.6 Å². The summed E-state index contributed by atoms with van der Waals surface area (Å²) in [6.45, 7) is 12.6. The van der Waals surface area contributed by atoms with E-state index in [1.54, 1.807) is 42.5 Å². The van der Waals surface area contributed by atoms with Crippen LogP contribution in [0.3, 0.4) is 0 Å². The molecule has 0 saturated carbocycles. The molecule has 0 aliphatic carbocycles. The van der Waals surface area contributed by atoms with Crippen LogP contribution in [0.2, 0.25) is 0 Å². The van der Waals surface area contributed by atoms with Gasteiger partial charge in [0.25, 0.3) is 11.7 Å². The number of ether oxygens (including phenoxy) is 2. The van der Waals surface area contributed by atoms with Crippen molar-refractivity contribution in [2.24, 2.45) is 0 Å². The second kappa shape index (κ2) is 11.1. The van der Waals surface area contributed by atoms with E-state index in [4.69, 9.17) is 9.47 Å². The minimum atomic E-state index is -0.980. The van der Waals surface area contributed by atoms with Crippen molar-refractivity contribution in [3.05, 3.63) is 88.5 Å². The van der Waals surface area contributed by atoms with Crippen molar-refractivity contribution in [1.29, 1.82) is 0 Å². The molecule has 1 fully saturated rings. The topological polar surface area (TPSA) is 96.3 Å². The highest BCUT2D eigenvalue weighted by Gasteiger charge is 2.47. The number of aromatic hydroxyl groups is 1. The molecule has 1 aliphatic heterocycles. The fourth-order valence-electron chi connectivity index (χ4n) is 5.01. The molecule has 7 heteroatoms. The molecule has 1 atom stereocenters. The van der Waals surface area contributed by atoms with Gasteiger partial charge < -0.3 is 19.7 Å². The number of ketones is 1. The SMILES string of the molecule is CCOc1ccc(/C(O)=C2/C(=O)C(=O)N(c3ccc(C(C)C)cc3)C2c2ccc(OC)c(O)c2)cc1C(C)(C)C. The number of rotatable bonds is 7. The van der Waals surface area contributed by atoms with E-state index in [1.807, 2.05) is 39.8 Å². The van der Waals surface area contributed by atoms with Gasteiger partial charge in [-0.25, -0.2) is 0 Å². The predicted molar refractivity (Wildman–Crippen MR) is 156 cm³/mol. The summed E-state index contributed by atoms with van der Waals surface area (Å²) in [6.07, 6.45) is 0. The molecule has 7 nitrogen and oxygen atoms in total. The average Bonchev–Trinajstić information content (AvgIpc) is 3.18. The normalized spacial score (nSPS) is 17.0. The monoisotopic (exact) mass is 543 g/mol. The third-order valence-corrected chi connectivity index (χ3v) is 7.16. The van der Waals surface area contributed by atoms with Gasteiger partial charge in [0.05, 0.1) is 25.3 Å². The largest absolute Gasteiger partial charge is 0.507 e. The van der Waals surface area contributed by atoms with Gasteiger partial charge in [-0.2, -0.15) is 0 Å². The zero-order valence-electron chi connectivity index (χ0n) is 24.1. The zero-order chi connectivity index (χ0) is 29.4. The van der Waals surface area contributed by atoms with Crippen LogP contribution in [-0.2, 0) is 15.0 Å². The molecule has 40 heavy (non-hydrogen) atoms. The van der Waals surface area contributed by atoms with Gasteiger partial charge in [0.15, 0.2) is 11.5 Å². The van der Waals surface area contributed by atoms with E-state index in [1.165, 1.54) is 18.1 Å². The van der Waals surface area contributed by atoms with Crippen LogP contribution in [0.15, 0.2) is 66.2 Å². The minimum absolute atomic E-state index is 0.0634. The Morgan fingerprint density at radius 2 is 1.62 bits per heavy atom. The fourth-order valence-corrected chi connectivity index (χ4v) is 5.01. The first-order valence-electron chi connectivity index (χ1n) is 13.4. The lowest BCUT2D eigenvalue weighted by Gasteiger charge is -2.26. The van der Waals surface area contributed by atoms with Gasteiger partial charge in [-0.1, -0.05) is 52.8 Å². The Kier molecular flexibility index (Phi) is 7.96. The van der Waals surface area contributed by atoms with Crippen LogP contribution < -0.4 is 14.4 Å². The quantitative estimate of drug-likeness (QED) is 0.192. The van der Waals surface area contributed by atoms with E-state index < -0.39 is 17.7 Å². The van der Waals surface area contributed by atoms with E-state index in [-0.39, 0.29) is 34.2 Å². The van der Waals surface area contributed by atoms with E-state index in [0.717, 1.165) is 11.1 Å². The van der Waals surface area contributed by atoms with Gasteiger partial charge in [0.2, 0.25) is 0 Å². The number of amides is 1. The number of carbonyl (C=O) groups is 2.